The lowest BCUT2D eigenvalue weighted by atomic mass is 9.86. The number of nitrogens with zero attached hydrogens (tertiary/aromatic N) is 8. The zero-order chi connectivity index (χ0) is 29.8. The van der Waals surface area contributed by atoms with E-state index in [1.165, 1.54) is 35.3 Å². The third-order valence-electron chi connectivity index (χ3n) is 5.91. The monoisotopic (exact) mass is 586 g/mol. The number of hydrazine groups is 1. The number of carbonyl (C=O) groups is 1. The van der Waals surface area contributed by atoms with Crippen molar-refractivity contribution in [2.45, 2.75) is 51.5 Å². The molecule has 1 amide bonds. The van der Waals surface area contributed by atoms with Gasteiger partial charge in [0, 0.05) is 17.3 Å². The molecule has 2 aromatic carbocycles. The molecule has 41 heavy (non-hydrogen) atoms. The first-order valence-corrected chi connectivity index (χ1v) is 12.7. The number of hydrogen-bond donors (Lipinski definition) is 3. The predicted molar refractivity (Wildman–Crippen MR) is 146 cm³/mol. The van der Waals surface area contributed by atoms with Gasteiger partial charge in [0.05, 0.1) is 18.3 Å². The van der Waals surface area contributed by atoms with Gasteiger partial charge in [-0.1, -0.05) is 6.07 Å². The van der Waals surface area contributed by atoms with E-state index in [-0.39, 0.29) is 17.2 Å². The summed E-state index contributed by atoms with van der Waals surface area (Å²) < 4.78 is 37.1. The van der Waals surface area contributed by atoms with Gasteiger partial charge in [-0.15, -0.1) is 5.10 Å². The number of nitrogens with one attached hydrogen (secondary N) is 2. The van der Waals surface area contributed by atoms with Crippen molar-refractivity contribution in [1.82, 2.24) is 45.4 Å². The second-order valence-corrected chi connectivity index (χ2v) is 10.4. The third kappa shape index (κ3) is 7.15. The number of amides is 1. The first-order valence-electron chi connectivity index (χ1n) is 12.3. The Hall–Kier alpha value is -4.57. The maximum atomic E-state index is 15.1. The molecule has 2 aromatic heterocycles. The molecule has 0 spiro atoms. The normalized spacial score (nSPS) is 13.6. The van der Waals surface area contributed by atoms with Gasteiger partial charge in [-0.2, -0.15) is 5.10 Å². The molecule has 0 aliphatic heterocycles. The van der Waals surface area contributed by atoms with Gasteiger partial charge in [0.15, 0.2) is 5.11 Å². The van der Waals surface area contributed by atoms with Crippen LogP contribution in [0.25, 0.3) is 5.69 Å². The van der Waals surface area contributed by atoms with Gasteiger partial charge in [-0.25, -0.2) is 33.3 Å². The van der Waals surface area contributed by atoms with Crippen molar-refractivity contribution in [3.05, 3.63) is 78.6 Å². The molecule has 0 aliphatic rings. The Bertz CT molecular complexity index is 1480. The summed E-state index contributed by atoms with van der Waals surface area (Å²) in [6, 6.07) is 8.46. The number of hydrogen-bond acceptors (Lipinski definition) is 9. The van der Waals surface area contributed by atoms with Crippen molar-refractivity contribution in [3.8, 4) is 5.69 Å². The summed E-state index contributed by atoms with van der Waals surface area (Å²) in [6.45, 7) is 6.21. The number of thiocarbonyl (C=S) groups is 1. The third-order valence-corrected chi connectivity index (χ3v) is 6.21. The van der Waals surface area contributed by atoms with Crippen LogP contribution in [-0.4, -0.2) is 67.9 Å². The molecule has 2 heterocycles. The number of rotatable bonds is 7. The summed E-state index contributed by atoms with van der Waals surface area (Å²) in [5.74, 6) is -1.83. The first-order chi connectivity index (χ1) is 19.4. The van der Waals surface area contributed by atoms with Gasteiger partial charge in [-0.3, -0.25) is 5.01 Å². The molecule has 0 saturated heterocycles. The second-order valence-electron chi connectivity index (χ2n) is 10.0. The molecule has 0 saturated carbocycles. The number of halogens is 2. The highest BCUT2D eigenvalue weighted by molar-refractivity contribution is 7.80. The van der Waals surface area contributed by atoms with Crippen molar-refractivity contribution in [2.75, 3.05) is 5.32 Å². The summed E-state index contributed by atoms with van der Waals surface area (Å²) in [6.07, 6.45) is 3.12. The Labute approximate surface area is 239 Å². The predicted octanol–water partition coefficient (Wildman–Crippen LogP) is 2.95. The quantitative estimate of drug-likeness (QED) is 0.217. The molecule has 0 unspecified atom stereocenters. The molecule has 216 valence electrons. The fraction of sp³-hybridized carbons (Fsp3) is 0.320. The van der Waals surface area contributed by atoms with Crippen LogP contribution in [0.5, 0.6) is 0 Å². The maximum Gasteiger partial charge on any atom is 0.426 e. The number of benzene rings is 2. The first kappa shape index (κ1) is 29.4. The van der Waals surface area contributed by atoms with Crippen LogP contribution in [-0.2, 0) is 16.9 Å². The lowest BCUT2D eigenvalue weighted by Crippen LogP contribution is -2.61. The topological polar surface area (TPSA) is 148 Å². The van der Waals surface area contributed by atoms with Gasteiger partial charge in [0.25, 0.3) is 0 Å². The average Bonchev–Trinajstić information content (AvgIpc) is 3.61. The van der Waals surface area contributed by atoms with Crippen LogP contribution in [0.3, 0.4) is 0 Å². The van der Waals surface area contributed by atoms with Crippen molar-refractivity contribution in [1.29, 1.82) is 0 Å². The van der Waals surface area contributed by atoms with E-state index in [0.717, 1.165) is 17.1 Å². The Morgan fingerprint density at radius 2 is 1.90 bits per heavy atom. The summed E-state index contributed by atoms with van der Waals surface area (Å²) in [5, 5.41) is 31.2. The molecular formula is C25H28F2N10O3S. The van der Waals surface area contributed by atoms with Gasteiger partial charge in [0.2, 0.25) is 0 Å². The average molecular weight is 587 g/mol. The molecule has 4 aromatic rings. The zero-order valence-corrected chi connectivity index (χ0v) is 23.4. The van der Waals surface area contributed by atoms with E-state index in [0.29, 0.717) is 17.4 Å². The number of anilines is 1. The lowest BCUT2D eigenvalue weighted by molar-refractivity contribution is -0.0574. The minimum Gasteiger partial charge on any atom is -0.443 e. The van der Waals surface area contributed by atoms with Crippen LogP contribution >= 0.6 is 12.2 Å². The van der Waals surface area contributed by atoms with Gasteiger partial charge < -0.3 is 15.2 Å². The Morgan fingerprint density at radius 3 is 2.49 bits per heavy atom. The highest BCUT2D eigenvalue weighted by Gasteiger charge is 2.44. The smallest absolute Gasteiger partial charge is 0.426 e. The van der Waals surface area contributed by atoms with Crippen LogP contribution in [0.2, 0.25) is 0 Å². The summed E-state index contributed by atoms with van der Waals surface area (Å²) in [5.41, 5.74) is 0.496. The SMILES string of the molecule is C[C@@H](N(NC(=O)OC(C)(C)C)C(=S)Nc1ccc(-n2cnnn2)cc1)[C@](O)(Cn1cncn1)c1ccc(F)cc1F. The van der Waals surface area contributed by atoms with E-state index in [9.17, 15) is 14.3 Å². The summed E-state index contributed by atoms with van der Waals surface area (Å²) in [7, 11) is 0. The van der Waals surface area contributed by atoms with Crippen LogP contribution in [0.4, 0.5) is 19.3 Å². The molecule has 0 fully saturated rings. The summed E-state index contributed by atoms with van der Waals surface area (Å²) >= 11 is 5.63. The molecule has 0 radical (unpaired) electrons. The van der Waals surface area contributed by atoms with E-state index < -0.39 is 35.0 Å². The maximum absolute atomic E-state index is 15.1. The standard InChI is InChI=1S/C25H28F2N10O3S/c1-16(25(39,12-35-14-28-13-30-35)20-10-5-17(26)11-21(20)27)37(32-23(38)40-24(2,3)4)22(41)31-18-6-8-19(9-7-18)36-15-29-33-34-36/h5-11,13-16,39H,12H2,1-4H3,(H,31,41)(H,32,38)/t16-,25-/m1/s1. The number of carbonyl (C=O) groups excluding carboxylic acids is 1. The molecule has 0 bridgehead atoms. The Kier molecular flexibility index (Phi) is 8.53. The molecule has 13 nitrogen and oxygen atoms in total. The van der Waals surface area contributed by atoms with Gasteiger partial charge in [0.1, 0.15) is 41.8 Å². The van der Waals surface area contributed by atoms with Crippen LogP contribution in [0, 0.1) is 11.6 Å². The van der Waals surface area contributed by atoms with E-state index in [1.54, 1.807) is 45.0 Å². The highest BCUT2D eigenvalue weighted by atomic mass is 32.1. The zero-order valence-electron chi connectivity index (χ0n) is 22.6. The van der Waals surface area contributed by atoms with Crippen molar-refractivity contribution in [3.63, 3.8) is 0 Å². The fourth-order valence-corrected chi connectivity index (χ4v) is 4.26. The van der Waals surface area contributed by atoms with E-state index in [4.69, 9.17) is 17.0 Å². The van der Waals surface area contributed by atoms with Crippen LogP contribution < -0.4 is 10.7 Å². The van der Waals surface area contributed by atoms with Crippen LogP contribution in [0.1, 0.15) is 33.3 Å². The number of aliphatic hydroxyl groups is 1. The summed E-state index contributed by atoms with van der Waals surface area (Å²) in [4.78, 5) is 16.8. The largest absolute Gasteiger partial charge is 0.443 e. The second kappa shape index (κ2) is 11.9. The molecule has 4 rings (SSSR count). The Morgan fingerprint density at radius 1 is 1.17 bits per heavy atom. The van der Waals surface area contributed by atoms with Crippen molar-refractivity contribution < 1.29 is 23.4 Å². The van der Waals surface area contributed by atoms with Gasteiger partial charge >= 0.3 is 6.09 Å². The highest BCUT2D eigenvalue weighted by Crippen LogP contribution is 2.33. The number of ether oxygens (including phenoxy) is 1. The molecule has 16 heteroatoms. The van der Waals surface area contributed by atoms with E-state index in [1.807, 2.05) is 0 Å². The molecular weight excluding hydrogens is 558 g/mol. The minimum absolute atomic E-state index is 0.0712. The van der Waals surface area contributed by atoms with Gasteiger partial charge in [-0.05, 0) is 80.7 Å². The van der Waals surface area contributed by atoms with E-state index in [2.05, 4.69) is 36.4 Å². The van der Waals surface area contributed by atoms with Crippen molar-refractivity contribution >= 4 is 29.1 Å². The molecule has 2 atom stereocenters. The molecule has 0 aliphatic carbocycles. The number of aromatic nitrogens is 7. The molecule has 3 N–H and O–H groups in total. The minimum atomic E-state index is -2.13. The Balaban J connectivity index is 1.69. The van der Waals surface area contributed by atoms with E-state index >= 15 is 4.39 Å². The fourth-order valence-electron chi connectivity index (χ4n) is 3.94. The van der Waals surface area contributed by atoms with Crippen molar-refractivity contribution in [2.24, 2.45) is 0 Å². The lowest BCUT2D eigenvalue weighted by Gasteiger charge is -2.42. The number of tetrazole rings is 1. The van der Waals surface area contributed by atoms with Crippen LogP contribution in [0.15, 0.2) is 61.4 Å².